The van der Waals surface area contributed by atoms with Gasteiger partial charge in [-0.05, 0) is 109 Å². The van der Waals surface area contributed by atoms with Crippen LogP contribution in [0.3, 0.4) is 0 Å². The molecule has 272 valence electrons. The SMILES string of the molecule is c1ccc(-c2ccc(N(c3ccc(-c4ccc(-c5cccc6ccccc56)cc4)cc3)c3ccccc3-c3cccc4cc5oc6ccccc6c5cc34)cc2)cc1. The molecule has 0 spiro atoms. The zero-order valence-electron chi connectivity index (χ0n) is 31.7. The smallest absolute Gasteiger partial charge is 0.136 e. The lowest BCUT2D eigenvalue weighted by Gasteiger charge is -2.28. The van der Waals surface area contributed by atoms with Crippen LogP contribution < -0.4 is 4.90 Å². The van der Waals surface area contributed by atoms with Gasteiger partial charge in [0.05, 0.1) is 5.69 Å². The standard InChI is InChI=1S/C56H37NO/c1-2-12-38(13-3-1)40-28-32-45(33-29-40)57(46-34-30-41(31-35-46)39-24-26-43(27-25-39)48-20-10-15-42-14-4-5-17-47(42)48)54-22-8-6-18-50(54)49-21-11-16-44-36-56-53(37-52(44)49)51-19-7-9-23-55(51)58-56/h1-37H. The lowest BCUT2D eigenvalue weighted by molar-refractivity contribution is 0.669. The van der Waals surface area contributed by atoms with Gasteiger partial charge in [0.1, 0.15) is 11.2 Å². The first-order chi connectivity index (χ1) is 28.7. The van der Waals surface area contributed by atoms with Gasteiger partial charge < -0.3 is 9.32 Å². The van der Waals surface area contributed by atoms with Crippen molar-refractivity contribution in [3.05, 3.63) is 224 Å². The predicted octanol–water partition coefficient (Wildman–Crippen LogP) is 16.0. The second kappa shape index (κ2) is 14.1. The molecule has 0 saturated carbocycles. The highest BCUT2D eigenvalue weighted by Gasteiger charge is 2.20. The van der Waals surface area contributed by atoms with Crippen molar-refractivity contribution in [2.45, 2.75) is 0 Å². The van der Waals surface area contributed by atoms with Crippen LogP contribution in [0.2, 0.25) is 0 Å². The van der Waals surface area contributed by atoms with Crippen molar-refractivity contribution in [2.24, 2.45) is 0 Å². The van der Waals surface area contributed by atoms with Gasteiger partial charge in [0, 0.05) is 27.7 Å². The van der Waals surface area contributed by atoms with E-state index >= 15 is 0 Å². The number of hydrogen-bond acceptors (Lipinski definition) is 2. The maximum Gasteiger partial charge on any atom is 0.136 e. The Balaban J connectivity index is 1.02. The molecule has 0 aliphatic heterocycles. The fourth-order valence-corrected chi connectivity index (χ4v) is 8.61. The third-order valence-corrected chi connectivity index (χ3v) is 11.5. The van der Waals surface area contributed by atoms with Crippen LogP contribution >= 0.6 is 0 Å². The largest absolute Gasteiger partial charge is 0.456 e. The van der Waals surface area contributed by atoms with E-state index in [0.717, 1.165) is 50.0 Å². The molecule has 0 radical (unpaired) electrons. The van der Waals surface area contributed by atoms with E-state index in [2.05, 4.69) is 217 Å². The third-order valence-electron chi connectivity index (χ3n) is 11.5. The monoisotopic (exact) mass is 739 g/mol. The van der Waals surface area contributed by atoms with Gasteiger partial charge in [-0.1, -0.05) is 176 Å². The molecule has 2 nitrogen and oxygen atoms in total. The first-order valence-electron chi connectivity index (χ1n) is 19.8. The third kappa shape index (κ3) is 5.91. The first kappa shape index (κ1) is 33.6. The fraction of sp³-hybridized carbons (Fsp3) is 0. The van der Waals surface area contributed by atoms with E-state index in [-0.39, 0.29) is 0 Å². The van der Waals surface area contributed by atoms with Gasteiger partial charge in [0.2, 0.25) is 0 Å². The van der Waals surface area contributed by atoms with Crippen LogP contribution in [0.5, 0.6) is 0 Å². The highest BCUT2D eigenvalue weighted by Crippen LogP contribution is 2.44. The molecule has 0 fully saturated rings. The van der Waals surface area contributed by atoms with Crippen molar-refractivity contribution in [1.82, 2.24) is 0 Å². The Bertz CT molecular complexity index is 3250. The molecule has 0 atom stereocenters. The van der Waals surface area contributed by atoms with Crippen LogP contribution in [0.25, 0.3) is 88.0 Å². The van der Waals surface area contributed by atoms with Gasteiger partial charge in [0.15, 0.2) is 0 Å². The fourth-order valence-electron chi connectivity index (χ4n) is 8.61. The van der Waals surface area contributed by atoms with E-state index in [9.17, 15) is 0 Å². The minimum atomic E-state index is 0.905. The maximum absolute atomic E-state index is 6.30. The summed E-state index contributed by atoms with van der Waals surface area (Å²) in [4.78, 5) is 2.39. The average Bonchev–Trinajstić information content (AvgIpc) is 3.66. The van der Waals surface area contributed by atoms with Crippen molar-refractivity contribution in [2.75, 3.05) is 4.90 Å². The Morgan fingerprint density at radius 2 is 0.793 bits per heavy atom. The van der Waals surface area contributed by atoms with Crippen molar-refractivity contribution < 1.29 is 4.42 Å². The highest BCUT2D eigenvalue weighted by molar-refractivity contribution is 6.13. The summed E-state index contributed by atoms with van der Waals surface area (Å²) in [5, 5.41) is 7.12. The molecule has 2 heteroatoms. The molecular weight excluding hydrogens is 703 g/mol. The summed E-state index contributed by atoms with van der Waals surface area (Å²) in [5.41, 5.74) is 14.6. The highest BCUT2D eigenvalue weighted by atomic mass is 16.3. The van der Waals surface area contributed by atoms with E-state index in [1.165, 1.54) is 55.1 Å². The number of para-hydroxylation sites is 2. The summed E-state index contributed by atoms with van der Waals surface area (Å²) in [7, 11) is 0. The van der Waals surface area contributed by atoms with Crippen molar-refractivity contribution >= 4 is 60.5 Å². The number of furan rings is 1. The number of nitrogens with zero attached hydrogens (tertiary/aromatic N) is 1. The summed E-state index contributed by atoms with van der Waals surface area (Å²) < 4.78 is 6.30. The number of hydrogen-bond donors (Lipinski definition) is 0. The minimum Gasteiger partial charge on any atom is -0.456 e. The lowest BCUT2D eigenvalue weighted by atomic mass is 9.94. The predicted molar refractivity (Wildman–Crippen MR) is 245 cm³/mol. The molecule has 0 amide bonds. The average molecular weight is 740 g/mol. The molecule has 58 heavy (non-hydrogen) atoms. The normalized spacial score (nSPS) is 11.4. The Labute approximate surface area is 337 Å². The second-order valence-electron chi connectivity index (χ2n) is 14.9. The summed E-state index contributed by atoms with van der Waals surface area (Å²) in [6.45, 7) is 0. The molecule has 0 N–H and O–H groups in total. The van der Waals surface area contributed by atoms with E-state index < -0.39 is 0 Å². The van der Waals surface area contributed by atoms with Crippen molar-refractivity contribution in [3.63, 3.8) is 0 Å². The van der Waals surface area contributed by atoms with Crippen molar-refractivity contribution in [1.29, 1.82) is 0 Å². The van der Waals surface area contributed by atoms with Crippen LogP contribution in [0.4, 0.5) is 17.1 Å². The first-order valence-corrected chi connectivity index (χ1v) is 19.8. The summed E-state index contributed by atoms with van der Waals surface area (Å²) >= 11 is 0. The Kier molecular flexibility index (Phi) is 8.19. The van der Waals surface area contributed by atoms with E-state index in [0.29, 0.717) is 0 Å². The van der Waals surface area contributed by atoms with Gasteiger partial charge in [-0.15, -0.1) is 0 Å². The Hall–Kier alpha value is -7.68. The van der Waals surface area contributed by atoms with Crippen LogP contribution in [-0.2, 0) is 0 Å². The molecule has 0 aliphatic carbocycles. The molecule has 0 bridgehead atoms. The van der Waals surface area contributed by atoms with Gasteiger partial charge in [0.25, 0.3) is 0 Å². The number of rotatable bonds is 7. The maximum atomic E-state index is 6.30. The minimum absolute atomic E-state index is 0.905. The van der Waals surface area contributed by atoms with Gasteiger partial charge in [-0.3, -0.25) is 0 Å². The van der Waals surface area contributed by atoms with Gasteiger partial charge in [-0.2, -0.15) is 0 Å². The number of benzene rings is 10. The van der Waals surface area contributed by atoms with Crippen LogP contribution in [0, 0.1) is 0 Å². The van der Waals surface area contributed by atoms with Crippen LogP contribution in [0.1, 0.15) is 0 Å². The zero-order valence-corrected chi connectivity index (χ0v) is 31.7. The Morgan fingerprint density at radius 1 is 0.276 bits per heavy atom. The van der Waals surface area contributed by atoms with Gasteiger partial charge in [-0.25, -0.2) is 0 Å². The second-order valence-corrected chi connectivity index (χ2v) is 14.9. The van der Waals surface area contributed by atoms with E-state index in [4.69, 9.17) is 4.42 Å². The Morgan fingerprint density at radius 3 is 1.53 bits per heavy atom. The van der Waals surface area contributed by atoms with Gasteiger partial charge >= 0.3 is 0 Å². The topological polar surface area (TPSA) is 16.4 Å². The molecular formula is C56H37NO. The molecule has 1 aromatic heterocycles. The molecule has 11 aromatic rings. The van der Waals surface area contributed by atoms with E-state index in [1.54, 1.807) is 0 Å². The molecule has 0 aliphatic rings. The quantitative estimate of drug-likeness (QED) is 0.162. The zero-order chi connectivity index (χ0) is 38.4. The summed E-state index contributed by atoms with van der Waals surface area (Å²) in [5.74, 6) is 0. The van der Waals surface area contributed by atoms with Crippen molar-refractivity contribution in [3.8, 4) is 44.5 Å². The summed E-state index contributed by atoms with van der Waals surface area (Å²) in [6.07, 6.45) is 0. The molecule has 11 rings (SSSR count). The molecule has 1 heterocycles. The molecule has 10 aromatic carbocycles. The lowest BCUT2D eigenvalue weighted by Crippen LogP contribution is -2.11. The number of fused-ring (bicyclic) bond motifs is 5. The van der Waals surface area contributed by atoms with Crippen LogP contribution in [0.15, 0.2) is 229 Å². The molecule has 0 unspecified atom stereocenters. The summed E-state index contributed by atoms with van der Waals surface area (Å²) in [6, 6.07) is 80.7. The number of anilines is 3. The van der Waals surface area contributed by atoms with E-state index in [1.807, 2.05) is 12.1 Å². The molecule has 0 saturated heterocycles. The van der Waals surface area contributed by atoms with Crippen LogP contribution in [-0.4, -0.2) is 0 Å².